The maximum atomic E-state index is 11.5. The highest BCUT2D eigenvalue weighted by Crippen LogP contribution is 2.04. The number of ketones is 1. The number of rotatable bonds is 0. The summed E-state index contributed by atoms with van der Waals surface area (Å²) in [5.74, 6) is 0.00465. The maximum Gasteiger partial charge on any atom is 0.305 e. The third kappa shape index (κ3) is 8.01. The number of carbonyl (C=O) groups excluding carboxylic acids is 2. The van der Waals surface area contributed by atoms with Crippen molar-refractivity contribution in [2.45, 2.75) is 44.9 Å². The van der Waals surface area contributed by atoms with E-state index in [1.54, 1.807) is 0 Å². The van der Waals surface area contributed by atoms with Crippen LogP contribution in [0, 0.1) is 0 Å². The second-order valence-electron chi connectivity index (χ2n) is 4.38. The Morgan fingerprint density at radius 1 is 0.833 bits per heavy atom. The van der Waals surface area contributed by atoms with E-state index in [1.165, 1.54) is 0 Å². The Bertz CT molecular complexity index is 284. The molecular formula is C14H22O4. The van der Waals surface area contributed by atoms with Gasteiger partial charge in [0.1, 0.15) is 5.78 Å². The van der Waals surface area contributed by atoms with Crippen LogP contribution in [0.25, 0.3) is 0 Å². The molecule has 1 rings (SSSR count). The molecule has 1 heterocycles. The first kappa shape index (κ1) is 14.9. The molecule has 0 aromatic heterocycles. The predicted octanol–water partition coefficient (Wildman–Crippen LogP) is 2.42. The molecule has 1 aliphatic heterocycles. The van der Waals surface area contributed by atoms with Gasteiger partial charge in [-0.1, -0.05) is 12.2 Å². The lowest BCUT2D eigenvalue weighted by molar-refractivity contribution is -0.143. The van der Waals surface area contributed by atoms with Gasteiger partial charge >= 0.3 is 5.97 Å². The summed E-state index contributed by atoms with van der Waals surface area (Å²) in [5.41, 5.74) is 0. The van der Waals surface area contributed by atoms with Crippen LogP contribution in [0.1, 0.15) is 44.9 Å². The Morgan fingerprint density at radius 2 is 1.56 bits per heavy atom. The number of cyclic esters (lactones) is 1. The lowest BCUT2D eigenvalue weighted by Crippen LogP contribution is -2.07. The van der Waals surface area contributed by atoms with Crippen LogP contribution < -0.4 is 0 Å². The molecule has 1 aliphatic rings. The number of carbonyl (C=O) groups is 2. The first-order valence-corrected chi connectivity index (χ1v) is 6.69. The zero-order valence-electron chi connectivity index (χ0n) is 10.9. The van der Waals surface area contributed by atoms with Crippen molar-refractivity contribution in [1.82, 2.24) is 0 Å². The lowest BCUT2D eigenvalue weighted by atomic mass is 10.1. The molecule has 102 valence electrons. The fourth-order valence-electron chi connectivity index (χ4n) is 1.73. The van der Waals surface area contributed by atoms with E-state index in [2.05, 4.69) is 0 Å². The van der Waals surface area contributed by atoms with Crippen molar-refractivity contribution in [3.63, 3.8) is 0 Å². The second kappa shape index (κ2) is 9.83. The Kier molecular flexibility index (Phi) is 8.13. The SMILES string of the molecule is O=C1CCCOCCC=CCCOC(=O)CCC1. The highest BCUT2D eigenvalue weighted by molar-refractivity contribution is 5.79. The molecular weight excluding hydrogens is 232 g/mol. The second-order valence-corrected chi connectivity index (χ2v) is 4.38. The summed E-state index contributed by atoms with van der Waals surface area (Å²) >= 11 is 0. The minimum Gasteiger partial charge on any atom is -0.465 e. The van der Waals surface area contributed by atoms with E-state index < -0.39 is 0 Å². The van der Waals surface area contributed by atoms with Gasteiger partial charge in [0.25, 0.3) is 0 Å². The molecule has 0 spiro atoms. The zero-order chi connectivity index (χ0) is 13.1. The number of ether oxygens (including phenoxy) is 2. The van der Waals surface area contributed by atoms with Crippen molar-refractivity contribution in [2.75, 3.05) is 19.8 Å². The highest BCUT2D eigenvalue weighted by atomic mass is 16.5. The molecule has 0 fully saturated rings. The van der Waals surface area contributed by atoms with Crippen LogP contribution in [0.2, 0.25) is 0 Å². The fourth-order valence-corrected chi connectivity index (χ4v) is 1.73. The number of hydrogen-bond donors (Lipinski definition) is 0. The van der Waals surface area contributed by atoms with Gasteiger partial charge in [0.15, 0.2) is 0 Å². The quantitative estimate of drug-likeness (QED) is 0.492. The standard InChI is InChI=1S/C14H22O4/c15-13-7-5-9-14(16)18-12-4-2-1-3-10-17-11-6-8-13/h1-2H,3-12H2. The number of hydrogen-bond acceptors (Lipinski definition) is 4. The largest absolute Gasteiger partial charge is 0.465 e. The van der Waals surface area contributed by atoms with Gasteiger partial charge in [0.2, 0.25) is 0 Å². The maximum absolute atomic E-state index is 11.5. The molecule has 4 nitrogen and oxygen atoms in total. The zero-order valence-corrected chi connectivity index (χ0v) is 10.9. The topological polar surface area (TPSA) is 52.6 Å². The molecule has 0 radical (unpaired) electrons. The van der Waals surface area contributed by atoms with Crippen LogP contribution in [-0.2, 0) is 19.1 Å². The van der Waals surface area contributed by atoms with Gasteiger partial charge in [-0.25, -0.2) is 0 Å². The van der Waals surface area contributed by atoms with Gasteiger partial charge in [-0.3, -0.25) is 9.59 Å². The van der Waals surface area contributed by atoms with E-state index in [1.807, 2.05) is 12.2 Å². The predicted molar refractivity (Wildman–Crippen MR) is 68.2 cm³/mol. The average Bonchev–Trinajstić information content (AvgIpc) is 2.34. The molecule has 0 bridgehead atoms. The molecule has 0 saturated carbocycles. The molecule has 18 heavy (non-hydrogen) atoms. The first-order valence-electron chi connectivity index (χ1n) is 6.69. The van der Waals surface area contributed by atoms with E-state index in [4.69, 9.17) is 9.47 Å². The van der Waals surface area contributed by atoms with Crippen molar-refractivity contribution < 1.29 is 19.1 Å². The third-order valence-corrected chi connectivity index (χ3v) is 2.72. The minimum atomic E-state index is -0.202. The fraction of sp³-hybridized carbons (Fsp3) is 0.714. The summed E-state index contributed by atoms with van der Waals surface area (Å²) in [6.45, 7) is 1.75. The van der Waals surface area contributed by atoms with Crippen LogP contribution in [0.4, 0.5) is 0 Å². The summed E-state index contributed by atoms with van der Waals surface area (Å²) in [6.07, 6.45) is 8.36. The van der Waals surface area contributed by atoms with E-state index >= 15 is 0 Å². The van der Waals surface area contributed by atoms with Gasteiger partial charge < -0.3 is 9.47 Å². The summed E-state index contributed by atoms with van der Waals surface area (Å²) in [4.78, 5) is 22.8. The van der Waals surface area contributed by atoms with Crippen LogP contribution in [-0.4, -0.2) is 31.6 Å². The van der Waals surface area contributed by atoms with Crippen molar-refractivity contribution in [2.24, 2.45) is 0 Å². The normalized spacial score (nSPS) is 21.6. The van der Waals surface area contributed by atoms with Crippen molar-refractivity contribution >= 4 is 11.8 Å². The third-order valence-electron chi connectivity index (χ3n) is 2.72. The number of esters is 1. The molecule has 0 N–H and O–H groups in total. The van der Waals surface area contributed by atoms with Crippen molar-refractivity contribution in [3.8, 4) is 0 Å². The Hall–Kier alpha value is -1.16. The molecule has 0 aliphatic carbocycles. The average molecular weight is 254 g/mol. The van der Waals surface area contributed by atoms with E-state index in [0.29, 0.717) is 45.5 Å². The van der Waals surface area contributed by atoms with Crippen LogP contribution in [0.5, 0.6) is 0 Å². The highest BCUT2D eigenvalue weighted by Gasteiger charge is 2.06. The Morgan fingerprint density at radius 3 is 2.39 bits per heavy atom. The van der Waals surface area contributed by atoms with E-state index in [-0.39, 0.29) is 11.8 Å². The van der Waals surface area contributed by atoms with Gasteiger partial charge in [0.05, 0.1) is 13.2 Å². The molecule has 0 aromatic rings. The molecule has 0 amide bonds. The molecule has 0 aromatic carbocycles. The lowest BCUT2D eigenvalue weighted by Gasteiger charge is -2.05. The van der Waals surface area contributed by atoms with Gasteiger partial charge in [-0.2, -0.15) is 0 Å². The molecule has 0 atom stereocenters. The Balaban J connectivity index is 2.29. The van der Waals surface area contributed by atoms with Crippen LogP contribution in [0.3, 0.4) is 0 Å². The Labute approximate surface area is 108 Å². The monoisotopic (exact) mass is 254 g/mol. The minimum absolute atomic E-state index is 0.202. The molecule has 4 heteroatoms. The van der Waals surface area contributed by atoms with E-state index in [0.717, 1.165) is 19.3 Å². The van der Waals surface area contributed by atoms with Crippen LogP contribution >= 0.6 is 0 Å². The smallest absolute Gasteiger partial charge is 0.305 e. The molecule has 0 unspecified atom stereocenters. The summed E-state index contributed by atoms with van der Waals surface area (Å²) in [6, 6.07) is 0. The van der Waals surface area contributed by atoms with Crippen molar-refractivity contribution in [1.29, 1.82) is 0 Å². The van der Waals surface area contributed by atoms with Gasteiger partial charge in [-0.05, 0) is 25.7 Å². The summed E-state index contributed by atoms with van der Waals surface area (Å²) < 4.78 is 10.5. The van der Waals surface area contributed by atoms with Crippen LogP contribution in [0.15, 0.2) is 12.2 Å². The number of Topliss-reactive ketones (excluding diaryl/α,β-unsaturated/α-hetero) is 1. The first-order chi connectivity index (χ1) is 8.79. The summed E-state index contributed by atoms with van der Waals surface area (Å²) in [5, 5.41) is 0. The molecule has 0 saturated heterocycles. The van der Waals surface area contributed by atoms with Crippen molar-refractivity contribution in [3.05, 3.63) is 12.2 Å². The van der Waals surface area contributed by atoms with Gasteiger partial charge in [0, 0.05) is 25.9 Å². The summed E-state index contributed by atoms with van der Waals surface area (Å²) in [7, 11) is 0. The van der Waals surface area contributed by atoms with Gasteiger partial charge in [-0.15, -0.1) is 0 Å². The van der Waals surface area contributed by atoms with E-state index in [9.17, 15) is 9.59 Å².